The van der Waals surface area contributed by atoms with E-state index in [1.807, 2.05) is 6.07 Å². The SMILES string of the molecule is COC(=O)[C@@H](CS)NCC(=O)c1ccccc1. The second-order valence-electron chi connectivity index (χ2n) is 3.43. The molecule has 0 fully saturated rings. The fourth-order valence-corrected chi connectivity index (χ4v) is 1.58. The largest absolute Gasteiger partial charge is 0.468 e. The van der Waals surface area contributed by atoms with Crippen molar-refractivity contribution in [2.75, 3.05) is 19.4 Å². The first kappa shape index (κ1) is 13.7. The number of Topliss-reactive ketones (excluding diaryl/α,β-unsaturated/α-hetero) is 1. The summed E-state index contributed by atoms with van der Waals surface area (Å²) in [6.07, 6.45) is 0. The van der Waals surface area contributed by atoms with Gasteiger partial charge in [0.05, 0.1) is 13.7 Å². The Morgan fingerprint density at radius 2 is 2.00 bits per heavy atom. The number of rotatable bonds is 6. The number of carbonyl (C=O) groups is 2. The lowest BCUT2D eigenvalue weighted by molar-refractivity contribution is -0.142. The molecule has 5 heteroatoms. The van der Waals surface area contributed by atoms with Crippen LogP contribution < -0.4 is 5.32 Å². The van der Waals surface area contributed by atoms with Crippen molar-refractivity contribution in [2.45, 2.75) is 6.04 Å². The van der Waals surface area contributed by atoms with Gasteiger partial charge in [0.25, 0.3) is 0 Å². The van der Waals surface area contributed by atoms with Crippen LogP contribution in [-0.4, -0.2) is 37.2 Å². The molecule has 0 radical (unpaired) electrons. The highest BCUT2D eigenvalue weighted by Gasteiger charge is 2.17. The van der Waals surface area contributed by atoms with Gasteiger partial charge in [-0.2, -0.15) is 12.6 Å². The molecule has 1 atom stereocenters. The minimum Gasteiger partial charge on any atom is -0.468 e. The van der Waals surface area contributed by atoms with Gasteiger partial charge in [0.2, 0.25) is 0 Å². The number of nitrogens with one attached hydrogen (secondary N) is 1. The first-order valence-corrected chi connectivity index (χ1v) is 5.82. The average molecular weight is 253 g/mol. The van der Waals surface area contributed by atoms with E-state index in [9.17, 15) is 9.59 Å². The van der Waals surface area contributed by atoms with Gasteiger partial charge in [0.1, 0.15) is 6.04 Å². The summed E-state index contributed by atoms with van der Waals surface area (Å²) in [5.74, 6) is -0.198. The Kier molecular flexibility index (Phi) is 5.72. The second kappa shape index (κ2) is 7.09. The molecule has 0 heterocycles. The number of ether oxygens (including phenoxy) is 1. The fraction of sp³-hybridized carbons (Fsp3) is 0.333. The van der Waals surface area contributed by atoms with Crippen LogP contribution >= 0.6 is 12.6 Å². The Balaban J connectivity index is 2.50. The molecule has 0 saturated heterocycles. The molecule has 4 nitrogen and oxygen atoms in total. The number of carbonyl (C=O) groups excluding carboxylic acids is 2. The third-order valence-electron chi connectivity index (χ3n) is 2.27. The number of hydrogen-bond donors (Lipinski definition) is 2. The van der Waals surface area contributed by atoms with Crippen LogP contribution in [0.25, 0.3) is 0 Å². The molecular formula is C12H15NO3S. The molecule has 17 heavy (non-hydrogen) atoms. The highest BCUT2D eigenvalue weighted by Crippen LogP contribution is 2.00. The number of ketones is 1. The molecule has 0 aliphatic heterocycles. The molecule has 1 rings (SSSR count). The van der Waals surface area contributed by atoms with E-state index < -0.39 is 12.0 Å². The molecule has 1 aromatic rings. The maximum atomic E-state index is 11.7. The van der Waals surface area contributed by atoms with Gasteiger partial charge >= 0.3 is 5.97 Å². The first-order valence-electron chi connectivity index (χ1n) is 5.19. The Bertz CT molecular complexity index is 381. The molecule has 92 valence electrons. The molecule has 0 amide bonds. The Hall–Kier alpha value is -1.33. The van der Waals surface area contributed by atoms with Crippen LogP contribution in [0.5, 0.6) is 0 Å². The predicted octanol–water partition coefficient (Wildman–Crippen LogP) is 0.930. The summed E-state index contributed by atoms with van der Waals surface area (Å²) in [6.45, 7) is 0.0876. The maximum Gasteiger partial charge on any atom is 0.323 e. The molecular weight excluding hydrogens is 238 g/mol. The van der Waals surface area contributed by atoms with Crippen LogP contribution in [0.1, 0.15) is 10.4 Å². The zero-order chi connectivity index (χ0) is 12.7. The third-order valence-corrected chi connectivity index (χ3v) is 2.64. The molecule has 0 bridgehead atoms. The minimum absolute atomic E-state index is 0.0683. The van der Waals surface area contributed by atoms with E-state index in [1.165, 1.54) is 7.11 Å². The number of benzene rings is 1. The van der Waals surface area contributed by atoms with E-state index in [-0.39, 0.29) is 18.1 Å². The van der Waals surface area contributed by atoms with Crippen LogP contribution in [-0.2, 0) is 9.53 Å². The van der Waals surface area contributed by atoms with Gasteiger partial charge < -0.3 is 4.74 Å². The van der Waals surface area contributed by atoms with E-state index >= 15 is 0 Å². The normalized spacial score (nSPS) is 11.9. The summed E-state index contributed by atoms with van der Waals surface area (Å²) >= 11 is 4.02. The van der Waals surface area contributed by atoms with E-state index in [0.717, 1.165) is 0 Å². The number of thiol groups is 1. The number of hydrogen-bond acceptors (Lipinski definition) is 5. The van der Waals surface area contributed by atoms with E-state index in [2.05, 4.69) is 22.7 Å². The van der Waals surface area contributed by atoms with Gasteiger partial charge in [0, 0.05) is 11.3 Å². The smallest absolute Gasteiger partial charge is 0.323 e. The molecule has 1 aromatic carbocycles. The maximum absolute atomic E-state index is 11.7. The topological polar surface area (TPSA) is 55.4 Å². The van der Waals surface area contributed by atoms with Crippen molar-refractivity contribution in [3.63, 3.8) is 0 Å². The lowest BCUT2D eigenvalue weighted by atomic mass is 10.1. The minimum atomic E-state index is -0.559. The summed E-state index contributed by atoms with van der Waals surface area (Å²) in [5.41, 5.74) is 0.614. The van der Waals surface area contributed by atoms with Gasteiger partial charge in [-0.05, 0) is 0 Å². The summed E-state index contributed by atoms with van der Waals surface area (Å²) in [5, 5.41) is 2.82. The highest BCUT2D eigenvalue weighted by atomic mass is 32.1. The zero-order valence-corrected chi connectivity index (χ0v) is 10.4. The van der Waals surface area contributed by atoms with Crippen LogP contribution in [0.15, 0.2) is 30.3 Å². The van der Waals surface area contributed by atoms with Crippen molar-refractivity contribution < 1.29 is 14.3 Å². The third kappa shape index (κ3) is 4.20. The molecule has 0 aliphatic carbocycles. The van der Waals surface area contributed by atoms with Gasteiger partial charge in [0.15, 0.2) is 5.78 Å². The van der Waals surface area contributed by atoms with Crippen molar-refractivity contribution in [3.8, 4) is 0 Å². The lowest BCUT2D eigenvalue weighted by Crippen LogP contribution is -2.41. The molecule has 0 unspecified atom stereocenters. The summed E-state index contributed by atoms with van der Waals surface area (Å²) in [4.78, 5) is 23.0. The predicted molar refractivity (Wildman–Crippen MR) is 68.4 cm³/mol. The summed E-state index contributed by atoms with van der Waals surface area (Å²) < 4.78 is 4.58. The lowest BCUT2D eigenvalue weighted by Gasteiger charge is -2.13. The van der Waals surface area contributed by atoms with Gasteiger partial charge in [-0.15, -0.1) is 0 Å². The van der Waals surface area contributed by atoms with E-state index in [0.29, 0.717) is 5.56 Å². The quantitative estimate of drug-likeness (QED) is 0.450. The fourth-order valence-electron chi connectivity index (χ4n) is 1.31. The molecule has 0 saturated carbocycles. The Morgan fingerprint density at radius 3 is 2.53 bits per heavy atom. The van der Waals surface area contributed by atoms with Gasteiger partial charge in [-0.25, -0.2) is 0 Å². The molecule has 1 N–H and O–H groups in total. The van der Waals surface area contributed by atoms with Crippen molar-refractivity contribution in [1.29, 1.82) is 0 Å². The Morgan fingerprint density at radius 1 is 1.35 bits per heavy atom. The van der Waals surface area contributed by atoms with Crippen molar-refractivity contribution in [1.82, 2.24) is 5.32 Å². The van der Waals surface area contributed by atoms with Crippen LogP contribution in [0.4, 0.5) is 0 Å². The summed E-state index contributed by atoms with van der Waals surface area (Å²) in [6, 6.07) is 8.34. The van der Waals surface area contributed by atoms with Gasteiger partial charge in [-0.3, -0.25) is 14.9 Å². The second-order valence-corrected chi connectivity index (χ2v) is 3.79. The number of methoxy groups -OCH3 is 1. The average Bonchev–Trinajstić information content (AvgIpc) is 2.39. The van der Waals surface area contributed by atoms with Crippen LogP contribution in [0, 0.1) is 0 Å². The zero-order valence-electron chi connectivity index (χ0n) is 9.55. The van der Waals surface area contributed by atoms with Crippen molar-refractivity contribution >= 4 is 24.4 Å². The van der Waals surface area contributed by atoms with E-state index in [1.54, 1.807) is 24.3 Å². The molecule has 0 aliphatic rings. The highest BCUT2D eigenvalue weighted by molar-refractivity contribution is 7.80. The molecule has 0 aromatic heterocycles. The monoisotopic (exact) mass is 253 g/mol. The Labute approximate surface area is 106 Å². The van der Waals surface area contributed by atoms with Crippen LogP contribution in [0.3, 0.4) is 0 Å². The van der Waals surface area contributed by atoms with E-state index in [4.69, 9.17) is 0 Å². The summed E-state index contributed by atoms with van der Waals surface area (Å²) in [7, 11) is 1.31. The van der Waals surface area contributed by atoms with Crippen LogP contribution in [0.2, 0.25) is 0 Å². The van der Waals surface area contributed by atoms with Gasteiger partial charge in [-0.1, -0.05) is 30.3 Å². The molecule has 0 spiro atoms. The first-order chi connectivity index (χ1) is 8.19. The number of esters is 1. The van der Waals surface area contributed by atoms with Crippen molar-refractivity contribution in [2.24, 2.45) is 0 Å². The standard InChI is InChI=1S/C12H15NO3S/c1-16-12(15)10(8-17)13-7-11(14)9-5-3-2-4-6-9/h2-6,10,13,17H,7-8H2,1H3/t10-/m1/s1. The van der Waals surface area contributed by atoms with Crippen molar-refractivity contribution in [3.05, 3.63) is 35.9 Å².